The number of rotatable bonds is 5. The molecule has 9 heteroatoms. The van der Waals surface area contributed by atoms with Gasteiger partial charge in [-0.15, -0.1) is 0 Å². The third kappa shape index (κ3) is 5.32. The molecular weight excluding hydrogens is 469 g/mol. The molecule has 0 spiro atoms. The van der Waals surface area contributed by atoms with Gasteiger partial charge in [0.25, 0.3) is 5.91 Å². The molecule has 1 aliphatic rings. The molecule has 0 radical (unpaired) electrons. The van der Waals surface area contributed by atoms with Gasteiger partial charge in [-0.05, 0) is 76.4 Å². The maximum absolute atomic E-state index is 14.8. The van der Waals surface area contributed by atoms with E-state index in [1.165, 1.54) is 0 Å². The van der Waals surface area contributed by atoms with Gasteiger partial charge in [0.2, 0.25) is 5.95 Å². The number of pyridine rings is 1. The van der Waals surface area contributed by atoms with Crippen molar-refractivity contribution in [1.29, 1.82) is 0 Å². The molecule has 0 saturated carbocycles. The lowest BCUT2D eigenvalue weighted by atomic mass is 10.1. The molecule has 8 nitrogen and oxygen atoms in total. The minimum absolute atomic E-state index is 0.0157. The number of fused-ring (bicyclic) bond motifs is 1. The normalized spacial score (nSPS) is 14.6. The number of aryl methyl sites for hydroxylation is 1. The summed E-state index contributed by atoms with van der Waals surface area (Å²) < 4.78 is 17.0. The van der Waals surface area contributed by atoms with Crippen LogP contribution in [0.25, 0.3) is 22.2 Å². The quantitative estimate of drug-likeness (QED) is 0.396. The van der Waals surface area contributed by atoms with Crippen molar-refractivity contribution in [3.05, 3.63) is 65.9 Å². The standard InChI is InChI=1S/C28H32FN7O/c1-18(2)36-19(3)14-20-6-7-21(15-24(20)36)26-23(29)17-32-28(34-26)33-25-9-8-22(16-31-25)27(37)35-12-4-10-30-11-5-13-35/h6-9,14-18,30H,4-5,10-13H2,1-3H3,(H,31,32,33,34). The zero-order valence-corrected chi connectivity index (χ0v) is 21.5. The van der Waals surface area contributed by atoms with Crippen LogP contribution in [0, 0.1) is 12.7 Å². The largest absolute Gasteiger partial charge is 0.342 e. The van der Waals surface area contributed by atoms with Crippen LogP contribution in [0.5, 0.6) is 0 Å². The van der Waals surface area contributed by atoms with E-state index in [-0.39, 0.29) is 23.6 Å². The number of hydrogen-bond donors (Lipinski definition) is 2. The van der Waals surface area contributed by atoms with Crippen LogP contribution in [-0.4, -0.2) is 56.5 Å². The van der Waals surface area contributed by atoms with Crippen LogP contribution in [0.2, 0.25) is 0 Å². The fourth-order valence-corrected chi connectivity index (χ4v) is 4.94. The highest BCUT2D eigenvalue weighted by Crippen LogP contribution is 2.30. The molecule has 0 bridgehead atoms. The van der Waals surface area contributed by atoms with E-state index in [9.17, 15) is 9.18 Å². The molecule has 4 aromatic rings. The Morgan fingerprint density at radius 1 is 1.05 bits per heavy atom. The van der Waals surface area contributed by atoms with Crippen LogP contribution in [0.1, 0.15) is 48.8 Å². The Hall–Kier alpha value is -3.85. The summed E-state index contributed by atoms with van der Waals surface area (Å²) in [5.41, 5.74) is 3.62. The van der Waals surface area contributed by atoms with Crippen LogP contribution in [0.15, 0.2) is 48.8 Å². The van der Waals surface area contributed by atoms with E-state index in [0.29, 0.717) is 16.9 Å². The number of nitrogens with zero attached hydrogens (tertiary/aromatic N) is 5. The van der Waals surface area contributed by atoms with Gasteiger partial charge in [0.1, 0.15) is 11.5 Å². The molecule has 192 valence electrons. The molecule has 1 aliphatic heterocycles. The highest BCUT2D eigenvalue weighted by atomic mass is 19.1. The average molecular weight is 502 g/mol. The molecule has 1 saturated heterocycles. The second-order valence-corrected chi connectivity index (χ2v) is 9.72. The average Bonchev–Trinajstić information content (AvgIpc) is 3.20. The predicted molar refractivity (Wildman–Crippen MR) is 144 cm³/mol. The molecule has 5 rings (SSSR count). The van der Waals surface area contributed by atoms with Gasteiger partial charge >= 0.3 is 0 Å². The summed E-state index contributed by atoms with van der Waals surface area (Å²) in [6.07, 6.45) is 4.58. The molecule has 2 N–H and O–H groups in total. The summed E-state index contributed by atoms with van der Waals surface area (Å²) >= 11 is 0. The van der Waals surface area contributed by atoms with Gasteiger partial charge in [0, 0.05) is 42.1 Å². The summed E-state index contributed by atoms with van der Waals surface area (Å²) in [5, 5.41) is 7.50. The van der Waals surface area contributed by atoms with E-state index in [1.54, 1.807) is 18.3 Å². The second kappa shape index (κ2) is 10.6. The van der Waals surface area contributed by atoms with Crippen LogP contribution >= 0.6 is 0 Å². The Bertz CT molecular complexity index is 1410. The number of hydrogen-bond acceptors (Lipinski definition) is 6. The lowest BCUT2D eigenvalue weighted by molar-refractivity contribution is 0.0745. The fourth-order valence-electron chi connectivity index (χ4n) is 4.94. The topological polar surface area (TPSA) is 88.0 Å². The minimum Gasteiger partial charge on any atom is -0.342 e. The van der Waals surface area contributed by atoms with Crippen molar-refractivity contribution >= 4 is 28.6 Å². The second-order valence-electron chi connectivity index (χ2n) is 9.72. The summed E-state index contributed by atoms with van der Waals surface area (Å²) in [6.45, 7) is 9.63. The summed E-state index contributed by atoms with van der Waals surface area (Å²) in [7, 11) is 0. The van der Waals surface area contributed by atoms with Crippen LogP contribution in [-0.2, 0) is 0 Å². The molecule has 0 unspecified atom stereocenters. The van der Waals surface area contributed by atoms with Crippen LogP contribution in [0.4, 0.5) is 16.2 Å². The molecule has 1 fully saturated rings. The van der Waals surface area contributed by atoms with Crippen molar-refractivity contribution in [2.75, 3.05) is 31.5 Å². The number of carbonyl (C=O) groups is 1. The third-order valence-electron chi connectivity index (χ3n) is 6.67. The first-order valence-corrected chi connectivity index (χ1v) is 12.8. The van der Waals surface area contributed by atoms with Gasteiger partial charge in [-0.3, -0.25) is 4.79 Å². The van der Waals surface area contributed by atoms with E-state index >= 15 is 0 Å². The van der Waals surface area contributed by atoms with Crippen molar-refractivity contribution in [3.8, 4) is 11.3 Å². The third-order valence-corrected chi connectivity index (χ3v) is 6.67. The van der Waals surface area contributed by atoms with Gasteiger partial charge in [0.05, 0.1) is 11.8 Å². The lowest BCUT2D eigenvalue weighted by Gasteiger charge is -2.25. The van der Waals surface area contributed by atoms with Crippen molar-refractivity contribution < 1.29 is 9.18 Å². The SMILES string of the molecule is Cc1cc2ccc(-c3nc(Nc4ccc(C(=O)N5CCCNCCC5)cn4)ncc3F)cc2n1C(C)C. The van der Waals surface area contributed by atoms with Gasteiger partial charge in [-0.2, -0.15) is 0 Å². The molecule has 1 aromatic carbocycles. The molecule has 0 aliphatic carbocycles. The summed E-state index contributed by atoms with van der Waals surface area (Å²) in [4.78, 5) is 27.7. The van der Waals surface area contributed by atoms with Crippen LogP contribution < -0.4 is 10.6 Å². The molecule has 37 heavy (non-hydrogen) atoms. The maximum atomic E-state index is 14.8. The minimum atomic E-state index is -0.498. The van der Waals surface area contributed by atoms with Crippen molar-refractivity contribution in [3.63, 3.8) is 0 Å². The van der Waals surface area contributed by atoms with Gasteiger partial charge in [-0.25, -0.2) is 19.3 Å². The highest BCUT2D eigenvalue weighted by Gasteiger charge is 2.18. The highest BCUT2D eigenvalue weighted by molar-refractivity contribution is 5.94. The van der Waals surface area contributed by atoms with E-state index in [0.717, 1.165) is 61.8 Å². The number of amides is 1. The maximum Gasteiger partial charge on any atom is 0.255 e. The number of benzene rings is 1. The van der Waals surface area contributed by atoms with Crippen molar-refractivity contribution in [1.82, 2.24) is 29.7 Å². The van der Waals surface area contributed by atoms with E-state index < -0.39 is 5.82 Å². The Labute approximate surface area is 216 Å². The fraction of sp³-hybridized carbons (Fsp3) is 0.357. The Morgan fingerprint density at radius 3 is 2.54 bits per heavy atom. The molecule has 3 aromatic heterocycles. The number of nitrogens with one attached hydrogen (secondary N) is 2. The van der Waals surface area contributed by atoms with Crippen LogP contribution in [0.3, 0.4) is 0 Å². The number of carbonyl (C=O) groups excluding carboxylic acids is 1. The Morgan fingerprint density at radius 2 is 1.84 bits per heavy atom. The first-order chi connectivity index (χ1) is 17.9. The summed E-state index contributed by atoms with van der Waals surface area (Å²) in [5.74, 6) is 0.195. The van der Waals surface area contributed by atoms with E-state index in [1.807, 2.05) is 23.1 Å². The Balaban J connectivity index is 1.36. The first kappa shape index (κ1) is 24.8. The lowest BCUT2D eigenvalue weighted by Crippen LogP contribution is -2.38. The smallest absolute Gasteiger partial charge is 0.255 e. The number of halogens is 1. The van der Waals surface area contributed by atoms with Crippen molar-refractivity contribution in [2.24, 2.45) is 0 Å². The zero-order valence-electron chi connectivity index (χ0n) is 21.5. The predicted octanol–water partition coefficient (Wildman–Crippen LogP) is 5.09. The van der Waals surface area contributed by atoms with Crippen molar-refractivity contribution in [2.45, 2.75) is 39.7 Å². The Kier molecular flexibility index (Phi) is 7.14. The molecule has 4 heterocycles. The summed E-state index contributed by atoms with van der Waals surface area (Å²) in [6, 6.07) is 11.7. The van der Waals surface area contributed by atoms with E-state index in [4.69, 9.17) is 0 Å². The molecule has 0 atom stereocenters. The first-order valence-electron chi connectivity index (χ1n) is 12.8. The van der Waals surface area contributed by atoms with Gasteiger partial charge < -0.3 is 20.1 Å². The number of aromatic nitrogens is 4. The number of anilines is 2. The van der Waals surface area contributed by atoms with Gasteiger partial charge in [-0.1, -0.05) is 12.1 Å². The molecular formula is C28H32FN7O. The van der Waals surface area contributed by atoms with E-state index in [2.05, 4.69) is 57.0 Å². The zero-order chi connectivity index (χ0) is 25.9. The monoisotopic (exact) mass is 501 g/mol. The van der Waals surface area contributed by atoms with Gasteiger partial charge in [0.15, 0.2) is 5.82 Å². The molecule has 1 amide bonds.